The second kappa shape index (κ2) is 7.68. The number of hydrogen-bond acceptors (Lipinski definition) is 6. The quantitative estimate of drug-likeness (QED) is 0.345. The number of carbonyl (C=O) groups excluding carboxylic acids is 2. The molecule has 1 aliphatic heterocycles. The number of anilines is 1. The van der Waals surface area contributed by atoms with Gasteiger partial charge in [0.2, 0.25) is 5.78 Å². The van der Waals surface area contributed by atoms with Crippen LogP contribution in [0, 0.1) is 12.7 Å². The van der Waals surface area contributed by atoms with Crippen LogP contribution in [-0.4, -0.2) is 21.8 Å². The van der Waals surface area contributed by atoms with Crippen molar-refractivity contribution in [3.63, 3.8) is 0 Å². The van der Waals surface area contributed by atoms with Crippen LogP contribution >= 0.6 is 27.3 Å². The first kappa shape index (κ1) is 20.6. The van der Waals surface area contributed by atoms with Crippen molar-refractivity contribution in [2.24, 2.45) is 0 Å². The van der Waals surface area contributed by atoms with Crippen LogP contribution in [-0.2, 0) is 4.79 Å². The minimum Gasteiger partial charge on any atom is -0.503 e. The molecule has 160 valence electrons. The predicted octanol–water partition coefficient (Wildman–Crippen LogP) is 5.88. The van der Waals surface area contributed by atoms with Gasteiger partial charge in [0.15, 0.2) is 16.7 Å². The molecule has 1 unspecified atom stereocenters. The Morgan fingerprint density at radius 2 is 1.94 bits per heavy atom. The number of rotatable bonds is 4. The largest absolute Gasteiger partial charge is 0.503 e. The lowest BCUT2D eigenvalue weighted by Crippen LogP contribution is -2.30. The Bertz CT molecular complexity index is 1420. The molecule has 1 atom stereocenters. The van der Waals surface area contributed by atoms with Crippen molar-refractivity contribution >= 4 is 54.3 Å². The first-order chi connectivity index (χ1) is 15.3. The van der Waals surface area contributed by atoms with Crippen LogP contribution in [0.25, 0.3) is 10.2 Å². The third-order valence-corrected chi connectivity index (χ3v) is 6.69. The summed E-state index contributed by atoms with van der Waals surface area (Å²) < 4.78 is 20.5. The average Bonchev–Trinajstić information content (AvgIpc) is 3.44. The Balaban J connectivity index is 1.68. The molecule has 0 radical (unpaired) electrons. The SMILES string of the molecule is Cc1ccc(C(=O)C2=C(O)C(=O)N(c3nc4ccc(F)cc4s3)C2c2ccc(Br)cc2)o1. The van der Waals surface area contributed by atoms with Crippen LogP contribution in [0.5, 0.6) is 0 Å². The van der Waals surface area contributed by atoms with Crippen molar-refractivity contribution < 1.29 is 23.5 Å². The predicted molar refractivity (Wildman–Crippen MR) is 121 cm³/mol. The van der Waals surface area contributed by atoms with E-state index in [2.05, 4.69) is 20.9 Å². The summed E-state index contributed by atoms with van der Waals surface area (Å²) in [6, 6.07) is 13.4. The van der Waals surface area contributed by atoms with Gasteiger partial charge >= 0.3 is 0 Å². The van der Waals surface area contributed by atoms with Crippen LogP contribution in [0.15, 0.2) is 74.8 Å². The highest BCUT2D eigenvalue weighted by Gasteiger charge is 2.46. The molecule has 1 amide bonds. The summed E-state index contributed by atoms with van der Waals surface area (Å²) in [6.07, 6.45) is 0. The van der Waals surface area contributed by atoms with Crippen molar-refractivity contribution in [3.8, 4) is 0 Å². The number of furan rings is 1. The maximum Gasteiger partial charge on any atom is 0.296 e. The van der Waals surface area contributed by atoms with Crippen LogP contribution in [0.2, 0.25) is 0 Å². The number of hydrogen-bond donors (Lipinski definition) is 1. The van der Waals surface area contributed by atoms with Gasteiger partial charge in [-0.3, -0.25) is 14.5 Å². The van der Waals surface area contributed by atoms with E-state index in [1.54, 1.807) is 37.3 Å². The molecule has 1 aliphatic rings. The molecule has 1 N–H and O–H groups in total. The van der Waals surface area contributed by atoms with Gasteiger partial charge in [0.25, 0.3) is 5.91 Å². The molecule has 5 rings (SSSR count). The highest BCUT2D eigenvalue weighted by Crippen LogP contribution is 2.44. The highest BCUT2D eigenvalue weighted by atomic mass is 79.9. The zero-order chi connectivity index (χ0) is 22.6. The Kier molecular flexibility index (Phi) is 4.94. The fourth-order valence-corrected chi connectivity index (χ4v) is 4.96. The van der Waals surface area contributed by atoms with E-state index in [1.165, 1.54) is 29.2 Å². The second-order valence-corrected chi connectivity index (χ2v) is 9.16. The van der Waals surface area contributed by atoms with Crippen molar-refractivity contribution in [1.29, 1.82) is 0 Å². The minimum atomic E-state index is -0.932. The van der Waals surface area contributed by atoms with Gasteiger partial charge in [0, 0.05) is 4.47 Å². The number of amides is 1. The molecule has 0 aliphatic carbocycles. The summed E-state index contributed by atoms with van der Waals surface area (Å²) >= 11 is 4.48. The van der Waals surface area contributed by atoms with E-state index in [4.69, 9.17) is 4.42 Å². The van der Waals surface area contributed by atoms with Gasteiger partial charge in [-0.05, 0) is 55.0 Å². The molecular weight excluding hydrogens is 499 g/mol. The maximum absolute atomic E-state index is 13.7. The van der Waals surface area contributed by atoms with Gasteiger partial charge in [-0.2, -0.15) is 0 Å². The number of aliphatic hydroxyl groups is 1. The Morgan fingerprint density at radius 1 is 1.19 bits per heavy atom. The molecule has 2 aromatic heterocycles. The highest BCUT2D eigenvalue weighted by molar-refractivity contribution is 9.10. The molecule has 6 nitrogen and oxygen atoms in total. The van der Waals surface area contributed by atoms with Gasteiger partial charge in [-0.25, -0.2) is 9.37 Å². The Labute approximate surface area is 193 Å². The van der Waals surface area contributed by atoms with E-state index in [1.807, 2.05) is 0 Å². The van der Waals surface area contributed by atoms with E-state index >= 15 is 0 Å². The fourth-order valence-electron chi connectivity index (χ4n) is 3.67. The van der Waals surface area contributed by atoms with E-state index < -0.39 is 29.3 Å². The Morgan fingerprint density at radius 3 is 2.62 bits per heavy atom. The van der Waals surface area contributed by atoms with Crippen LogP contribution in [0.3, 0.4) is 0 Å². The lowest BCUT2D eigenvalue weighted by molar-refractivity contribution is -0.117. The summed E-state index contributed by atoms with van der Waals surface area (Å²) in [5, 5.41) is 11.0. The number of aromatic nitrogens is 1. The maximum atomic E-state index is 13.7. The van der Waals surface area contributed by atoms with E-state index in [0.29, 0.717) is 21.5 Å². The van der Waals surface area contributed by atoms with Gasteiger partial charge in [-0.15, -0.1) is 0 Å². The number of halogens is 2. The number of thiazole rings is 1. The number of carbonyl (C=O) groups is 2. The standard InChI is InChI=1S/C23H14BrFN2O4S/c1-11-2-9-16(31-11)20(28)18-19(12-3-5-13(24)6-4-12)27(22(30)21(18)29)23-26-15-8-7-14(25)10-17(15)32-23/h2-10,19,29H,1H3. The van der Waals surface area contributed by atoms with Crippen LogP contribution in [0.1, 0.15) is 27.9 Å². The van der Waals surface area contributed by atoms with E-state index in [0.717, 1.165) is 15.8 Å². The van der Waals surface area contributed by atoms with E-state index in [-0.39, 0.29) is 16.5 Å². The third-order valence-electron chi connectivity index (χ3n) is 5.15. The molecular formula is C23H14BrFN2O4S. The number of Topliss-reactive ketones (excluding diaryl/α,β-unsaturated/α-hetero) is 1. The molecule has 0 saturated heterocycles. The van der Waals surface area contributed by atoms with Gasteiger partial charge in [-0.1, -0.05) is 39.4 Å². The summed E-state index contributed by atoms with van der Waals surface area (Å²) in [6.45, 7) is 1.70. The normalized spacial score (nSPS) is 16.4. The Hall–Kier alpha value is -3.30. The topological polar surface area (TPSA) is 83.6 Å². The average molecular weight is 513 g/mol. The molecule has 2 aromatic carbocycles. The summed E-state index contributed by atoms with van der Waals surface area (Å²) in [7, 11) is 0. The fraction of sp³-hybridized carbons (Fsp3) is 0.0870. The van der Waals surface area contributed by atoms with Crippen molar-refractivity contribution in [1.82, 2.24) is 4.98 Å². The number of aliphatic hydroxyl groups excluding tert-OH is 1. The van der Waals surface area contributed by atoms with Crippen molar-refractivity contribution in [3.05, 3.63) is 93.3 Å². The zero-order valence-electron chi connectivity index (χ0n) is 16.5. The zero-order valence-corrected chi connectivity index (χ0v) is 18.9. The first-order valence-electron chi connectivity index (χ1n) is 9.53. The number of aryl methyl sites for hydroxylation is 1. The lowest BCUT2D eigenvalue weighted by Gasteiger charge is -2.24. The first-order valence-corrected chi connectivity index (χ1v) is 11.1. The van der Waals surface area contributed by atoms with Gasteiger partial charge in [0.05, 0.1) is 21.8 Å². The molecule has 0 bridgehead atoms. The van der Waals surface area contributed by atoms with Gasteiger partial charge in [0.1, 0.15) is 11.6 Å². The summed E-state index contributed by atoms with van der Waals surface area (Å²) in [5.41, 5.74) is 1.01. The molecule has 0 saturated carbocycles. The smallest absolute Gasteiger partial charge is 0.296 e. The number of fused-ring (bicyclic) bond motifs is 1. The minimum absolute atomic E-state index is 0.0205. The molecule has 0 spiro atoms. The molecule has 9 heteroatoms. The van der Waals surface area contributed by atoms with Crippen molar-refractivity contribution in [2.45, 2.75) is 13.0 Å². The molecule has 0 fully saturated rings. The lowest BCUT2D eigenvalue weighted by atomic mass is 9.95. The second-order valence-electron chi connectivity index (χ2n) is 7.24. The van der Waals surface area contributed by atoms with Crippen LogP contribution < -0.4 is 4.90 Å². The van der Waals surface area contributed by atoms with Gasteiger partial charge < -0.3 is 9.52 Å². The molecule has 4 aromatic rings. The third kappa shape index (κ3) is 3.34. The molecule has 3 heterocycles. The number of ketones is 1. The summed E-state index contributed by atoms with van der Waals surface area (Å²) in [5.74, 6) is -1.89. The van der Waals surface area contributed by atoms with Crippen LogP contribution in [0.4, 0.5) is 9.52 Å². The summed E-state index contributed by atoms with van der Waals surface area (Å²) in [4.78, 5) is 32.2. The molecule has 32 heavy (non-hydrogen) atoms. The monoisotopic (exact) mass is 512 g/mol. The van der Waals surface area contributed by atoms with E-state index in [9.17, 15) is 19.1 Å². The number of nitrogens with zero attached hydrogens (tertiary/aromatic N) is 2. The van der Waals surface area contributed by atoms with Crippen molar-refractivity contribution in [2.75, 3.05) is 4.90 Å². The number of benzene rings is 2.